The number of H-pyrrole nitrogens is 1. The van der Waals surface area contributed by atoms with E-state index in [-0.39, 0.29) is 11.7 Å². The topological polar surface area (TPSA) is 45.8 Å². The number of benzene rings is 1. The molecule has 0 spiro atoms. The molecule has 3 heteroatoms. The summed E-state index contributed by atoms with van der Waals surface area (Å²) in [5.41, 5.74) is 2.36. The summed E-state index contributed by atoms with van der Waals surface area (Å²) in [6.45, 7) is 4.10. The van der Waals surface area contributed by atoms with Crippen molar-refractivity contribution in [3.05, 3.63) is 53.6 Å². The van der Waals surface area contributed by atoms with Crippen LogP contribution in [0.25, 0.3) is 0 Å². The molecule has 1 aliphatic carbocycles. The minimum absolute atomic E-state index is 0.173. The van der Waals surface area contributed by atoms with Gasteiger partial charge < -0.3 is 4.98 Å². The summed E-state index contributed by atoms with van der Waals surface area (Å²) >= 11 is 0. The SMILES string of the molecule is CC1c2ccccc2C(=O)C1(C)c1cnc[nH]1. The number of ketones is 1. The molecular weight excluding hydrogens is 212 g/mol. The molecule has 0 saturated heterocycles. The molecule has 1 aromatic carbocycles. The number of carbonyl (C=O) groups is 1. The van der Waals surface area contributed by atoms with Crippen molar-refractivity contribution in [2.75, 3.05) is 0 Å². The molecule has 0 saturated carbocycles. The second kappa shape index (κ2) is 3.29. The molecule has 0 bridgehead atoms. The lowest BCUT2D eigenvalue weighted by Gasteiger charge is -2.26. The van der Waals surface area contributed by atoms with Crippen LogP contribution in [0.4, 0.5) is 0 Å². The Morgan fingerprint density at radius 1 is 1.35 bits per heavy atom. The molecule has 86 valence electrons. The van der Waals surface area contributed by atoms with Gasteiger partial charge >= 0.3 is 0 Å². The van der Waals surface area contributed by atoms with Crippen molar-refractivity contribution in [2.24, 2.45) is 0 Å². The second-order valence-corrected chi connectivity index (χ2v) is 4.81. The molecule has 0 aliphatic heterocycles. The van der Waals surface area contributed by atoms with Crippen molar-refractivity contribution in [2.45, 2.75) is 25.2 Å². The number of rotatable bonds is 1. The van der Waals surface area contributed by atoms with Crippen LogP contribution in [0.1, 0.15) is 41.4 Å². The molecule has 3 rings (SSSR count). The molecule has 1 N–H and O–H groups in total. The Morgan fingerprint density at radius 2 is 2.12 bits per heavy atom. The number of Topliss-reactive ketones (excluding diaryl/α,β-unsaturated/α-hetero) is 1. The van der Waals surface area contributed by atoms with E-state index in [2.05, 4.69) is 16.9 Å². The molecule has 17 heavy (non-hydrogen) atoms. The Bertz CT molecular complexity index is 574. The zero-order chi connectivity index (χ0) is 12.0. The van der Waals surface area contributed by atoms with Gasteiger partial charge in [-0.25, -0.2) is 4.98 Å². The lowest BCUT2D eigenvalue weighted by Crippen LogP contribution is -2.32. The van der Waals surface area contributed by atoms with Crippen molar-refractivity contribution >= 4 is 5.78 Å². The minimum atomic E-state index is -0.514. The Balaban J connectivity index is 2.21. The number of aromatic amines is 1. The van der Waals surface area contributed by atoms with Crippen molar-refractivity contribution in [3.8, 4) is 0 Å². The van der Waals surface area contributed by atoms with Gasteiger partial charge in [-0.15, -0.1) is 0 Å². The van der Waals surface area contributed by atoms with Gasteiger partial charge in [0.15, 0.2) is 5.78 Å². The molecule has 0 amide bonds. The average molecular weight is 226 g/mol. The molecule has 1 heterocycles. The molecule has 2 unspecified atom stereocenters. The number of carbonyl (C=O) groups excluding carboxylic acids is 1. The van der Waals surface area contributed by atoms with E-state index >= 15 is 0 Å². The number of nitrogens with one attached hydrogen (secondary N) is 1. The summed E-state index contributed by atoms with van der Waals surface area (Å²) in [4.78, 5) is 19.7. The van der Waals surface area contributed by atoms with Crippen LogP contribution in [0.2, 0.25) is 0 Å². The summed E-state index contributed by atoms with van der Waals surface area (Å²) in [6.07, 6.45) is 3.38. The molecule has 0 fully saturated rings. The van der Waals surface area contributed by atoms with E-state index < -0.39 is 5.41 Å². The highest BCUT2D eigenvalue weighted by atomic mass is 16.1. The standard InChI is InChI=1S/C14H14N2O/c1-9-10-5-3-4-6-11(10)13(17)14(9,2)12-7-15-8-16-12/h3-9H,1-2H3,(H,15,16). The first-order valence-corrected chi connectivity index (χ1v) is 5.78. The van der Waals surface area contributed by atoms with Crippen LogP contribution < -0.4 is 0 Å². The predicted molar refractivity (Wildman–Crippen MR) is 65.1 cm³/mol. The highest BCUT2D eigenvalue weighted by molar-refractivity contribution is 6.08. The molecule has 1 aliphatic rings. The van der Waals surface area contributed by atoms with Gasteiger partial charge in [0, 0.05) is 17.5 Å². The van der Waals surface area contributed by atoms with Gasteiger partial charge in [0.2, 0.25) is 0 Å². The van der Waals surface area contributed by atoms with Crippen LogP contribution in [0.3, 0.4) is 0 Å². The van der Waals surface area contributed by atoms with E-state index in [1.165, 1.54) is 0 Å². The van der Waals surface area contributed by atoms with E-state index in [1.54, 1.807) is 12.5 Å². The van der Waals surface area contributed by atoms with Crippen LogP contribution in [0, 0.1) is 0 Å². The van der Waals surface area contributed by atoms with Gasteiger partial charge in [-0.05, 0) is 18.4 Å². The van der Waals surface area contributed by atoms with Gasteiger partial charge in [0.05, 0.1) is 11.7 Å². The van der Waals surface area contributed by atoms with Crippen molar-refractivity contribution in [1.82, 2.24) is 9.97 Å². The largest absolute Gasteiger partial charge is 0.348 e. The van der Waals surface area contributed by atoms with Crippen molar-refractivity contribution in [3.63, 3.8) is 0 Å². The van der Waals surface area contributed by atoms with Gasteiger partial charge in [-0.2, -0.15) is 0 Å². The van der Waals surface area contributed by atoms with Crippen molar-refractivity contribution in [1.29, 1.82) is 0 Å². The van der Waals surface area contributed by atoms with Crippen LogP contribution in [0.5, 0.6) is 0 Å². The maximum absolute atomic E-state index is 12.6. The predicted octanol–water partition coefficient (Wildman–Crippen LogP) is 2.67. The molecule has 3 nitrogen and oxygen atoms in total. The fourth-order valence-electron chi connectivity index (χ4n) is 2.76. The van der Waals surface area contributed by atoms with Gasteiger partial charge in [0.1, 0.15) is 0 Å². The number of fused-ring (bicyclic) bond motifs is 1. The Labute approximate surface area is 99.9 Å². The normalized spacial score (nSPS) is 27.2. The van der Waals surface area contributed by atoms with Gasteiger partial charge in [-0.1, -0.05) is 31.2 Å². The van der Waals surface area contributed by atoms with Crippen LogP contribution in [0.15, 0.2) is 36.8 Å². The van der Waals surface area contributed by atoms with Crippen LogP contribution in [-0.2, 0) is 5.41 Å². The lowest BCUT2D eigenvalue weighted by atomic mass is 9.76. The smallest absolute Gasteiger partial charge is 0.175 e. The summed E-state index contributed by atoms with van der Waals surface area (Å²) < 4.78 is 0. The van der Waals surface area contributed by atoms with E-state index in [1.807, 2.05) is 31.2 Å². The molecular formula is C14H14N2O. The molecule has 2 aromatic rings. The molecule has 0 radical (unpaired) electrons. The third-order valence-corrected chi connectivity index (χ3v) is 4.07. The zero-order valence-corrected chi connectivity index (χ0v) is 9.90. The first-order valence-electron chi connectivity index (χ1n) is 5.78. The fourth-order valence-corrected chi connectivity index (χ4v) is 2.76. The second-order valence-electron chi connectivity index (χ2n) is 4.81. The van der Waals surface area contributed by atoms with Crippen LogP contribution in [-0.4, -0.2) is 15.8 Å². The minimum Gasteiger partial charge on any atom is -0.348 e. The Kier molecular flexibility index (Phi) is 1.99. The first-order chi connectivity index (χ1) is 8.15. The van der Waals surface area contributed by atoms with Gasteiger partial charge in [-0.3, -0.25) is 4.79 Å². The van der Waals surface area contributed by atoms with E-state index in [0.29, 0.717) is 0 Å². The first kappa shape index (κ1) is 10.3. The highest BCUT2D eigenvalue weighted by Crippen LogP contribution is 2.47. The molecule has 2 atom stereocenters. The third kappa shape index (κ3) is 1.16. The van der Waals surface area contributed by atoms with E-state index in [0.717, 1.165) is 16.8 Å². The number of hydrogen-bond donors (Lipinski definition) is 1. The van der Waals surface area contributed by atoms with Crippen molar-refractivity contribution < 1.29 is 4.79 Å². The Morgan fingerprint density at radius 3 is 2.76 bits per heavy atom. The fraction of sp³-hybridized carbons (Fsp3) is 0.286. The van der Waals surface area contributed by atoms with E-state index in [9.17, 15) is 4.79 Å². The maximum Gasteiger partial charge on any atom is 0.175 e. The number of nitrogens with zero attached hydrogens (tertiary/aromatic N) is 1. The lowest BCUT2D eigenvalue weighted by molar-refractivity contribution is 0.0898. The maximum atomic E-state index is 12.6. The highest BCUT2D eigenvalue weighted by Gasteiger charge is 2.49. The Hall–Kier alpha value is -1.90. The van der Waals surface area contributed by atoms with E-state index in [4.69, 9.17) is 0 Å². The average Bonchev–Trinajstić information content (AvgIpc) is 2.95. The molecule has 1 aromatic heterocycles. The summed E-state index contributed by atoms with van der Waals surface area (Å²) in [5, 5.41) is 0. The number of imidazole rings is 1. The zero-order valence-electron chi connectivity index (χ0n) is 9.90. The summed E-state index contributed by atoms with van der Waals surface area (Å²) in [7, 11) is 0. The number of aromatic nitrogens is 2. The monoisotopic (exact) mass is 226 g/mol. The van der Waals surface area contributed by atoms with Crippen LogP contribution >= 0.6 is 0 Å². The summed E-state index contributed by atoms with van der Waals surface area (Å²) in [6, 6.07) is 7.86. The number of hydrogen-bond acceptors (Lipinski definition) is 2. The third-order valence-electron chi connectivity index (χ3n) is 4.07. The summed E-state index contributed by atoms with van der Waals surface area (Å²) in [5.74, 6) is 0.358. The van der Waals surface area contributed by atoms with Gasteiger partial charge in [0.25, 0.3) is 0 Å². The quantitative estimate of drug-likeness (QED) is 0.812.